The smallest absolute Gasteiger partial charge is 0.271 e. The number of amides is 2. The Morgan fingerprint density at radius 3 is 1.43 bits per heavy atom. The number of benzene rings is 4. The molecule has 3 N–H and O–H groups in total. The van der Waals surface area contributed by atoms with Crippen LogP contribution in [-0.4, -0.2) is 75.7 Å². The lowest BCUT2D eigenvalue weighted by atomic mass is 10.1. The molecule has 0 bridgehead atoms. The summed E-state index contributed by atoms with van der Waals surface area (Å²) >= 11 is 15.4. The zero-order valence-electron chi connectivity index (χ0n) is 38.3. The number of hydrogen-bond donors (Lipinski definition) is 3. The minimum absolute atomic E-state index is 0. The van der Waals surface area contributed by atoms with E-state index in [0.717, 1.165) is 46.5 Å². The van der Waals surface area contributed by atoms with Crippen molar-refractivity contribution in [1.29, 1.82) is 0 Å². The van der Waals surface area contributed by atoms with Crippen LogP contribution < -0.4 is 19.3 Å². The Bertz CT molecular complexity index is 2390. The summed E-state index contributed by atoms with van der Waals surface area (Å²) in [7, 11) is 0. The molecule has 2 aliphatic heterocycles. The number of aryl methyl sites for hydroxylation is 2. The molecule has 2 saturated heterocycles. The molecule has 4 aromatic carbocycles. The van der Waals surface area contributed by atoms with E-state index < -0.39 is 11.9 Å². The molecule has 2 amide bonds. The fourth-order valence-electron chi connectivity index (χ4n) is 5.98. The van der Waals surface area contributed by atoms with E-state index in [0.29, 0.717) is 61.2 Å². The highest BCUT2D eigenvalue weighted by atomic mass is 35.5. The predicted molar refractivity (Wildman–Crippen MR) is 300 cm³/mol. The van der Waals surface area contributed by atoms with Gasteiger partial charge >= 0.3 is 0 Å². The first kappa shape index (κ1) is 64.4. The van der Waals surface area contributed by atoms with Gasteiger partial charge < -0.3 is 24.8 Å². The third kappa shape index (κ3) is 17.9. The van der Waals surface area contributed by atoms with Gasteiger partial charge in [0.05, 0.1) is 37.3 Å². The van der Waals surface area contributed by atoms with E-state index >= 15 is 0 Å². The summed E-state index contributed by atoms with van der Waals surface area (Å²) in [5.41, 5.74) is 5.19. The van der Waals surface area contributed by atoms with Crippen LogP contribution in [0.15, 0.2) is 105 Å². The number of anilines is 2. The molecule has 2 aliphatic rings. The van der Waals surface area contributed by atoms with E-state index in [1.807, 2.05) is 102 Å². The number of aliphatic imine (C=N–C) groups is 2. The van der Waals surface area contributed by atoms with E-state index in [9.17, 15) is 24.9 Å². The average molecular weight is 1030 g/mol. The SMILES string of the molecule is C.C.C.C.CC.CCCN=C1S/C(=C\c2ccc(OCC(O)(O)CC)c(Cl)c2)C(=O)N1c1ccccc1C.CCCN=C1S/C(=C\c2ccc(OC[C@H](O)CC)c(Cl)c2)C(=O)N1c1ccccc1C. The van der Waals surface area contributed by atoms with Gasteiger partial charge in [0.2, 0.25) is 0 Å². The van der Waals surface area contributed by atoms with Gasteiger partial charge in [0.25, 0.3) is 11.8 Å². The molecule has 0 aromatic heterocycles. The van der Waals surface area contributed by atoms with Crippen molar-refractivity contribution in [3.05, 3.63) is 127 Å². The van der Waals surface area contributed by atoms with Gasteiger partial charge in [-0.1, -0.05) is 143 Å². The summed E-state index contributed by atoms with van der Waals surface area (Å²) in [5, 5.41) is 31.2. The maximum absolute atomic E-state index is 13.3. The number of amidine groups is 2. The molecule has 4 aromatic rings. The second-order valence-corrected chi connectivity index (χ2v) is 17.6. The topological polar surface area (TPSA) is 144 Å². The summed E-state index contributed by atoms with van der Waals surface area (Å²) in [5.74, 6) is -1.30. The number of rotatable bonds is 16. The number of thioether (sulfide) groups is 2. The van der Waals surface area contributed by atoms with Crippen molar-refractivity contribution in [1.82, 2.24) is 0 Å². The van der Waals surface area contributed by atoms with Crippen LogP contribution in [0.4, 0.5) is 11.4 Å². The number of aliphatic hydroxyl groups excluding tert-OH is 1. The number of aliphatic hydroxyl groups is 3. The Balaban J connectivity index is 0.00000123. The second kappa shape index (κ2) is 31.6. The highest BCUT2D eigenvalue weighted by molar-refractivity contribution is 8.19. The first-order valence-corrected chi connectivity index (χ1v) is 24.2. The standard InChI is InChI=1S/C24H27ClN2O4S.C24H27ClN2O3S.C2H6.4CH4/c1-4-12-26-23-27(19-9-7-6-8-16(19)3)22(28)21(32-23)14-17-10-11-20(18(25)13-17)31-15-24(29,30)5-2;1-4-12-26-24-27(20-9-7-6-8-16(20)3)23(29)22(31-24)14-17-10-11-21(19(25)13-17)30-15-18(28)5-2;1-2;;;;/h6-11,13-14,29-30H,4-5,12,15H2,1-3H3;6-11,13-14,18,28H,4-5,12,15H2,1-3H3;1-2H3;4*1H4/b21-14-,26-23?;22-14-,26-24?;;;;;/t;18-;;;;;/m.1...../s1. The quantitative estimate of drug-likeness (QED) is 0.0738. The van der Waals surface area contributed by atoms with Gasteiger partial charge in [0, 0.05) is 19.5 Å². The summed E-state index contributed by atoms with van der Waals surface area (Å²) in [6.07, 6.45) is 5.60. The Morgan fingerprint density at radius 2 is 1.07 bits per heavy atom. The van der Waals surface area contributed by atoms with Crippen molar-refractivity contribution in [2.75, 3.05) is 36.1 Å². The number of hydrogen-bond acceptors (Lipinski definition) is 11. The van der Waals surface area contributed by atoms with Crippen LogP contribution >= 0.6 is 46.7 Å². The number of para-hydroxylation sites is 2. The summed E-state index contributed by atoms with van der Waals surface area (Å²) in [6, 6.07) is 26.0. The van der Waals surface area contributed by atoms with Crippen LogP contribution in [0.1, 0.15) is 119 Å². The molecule has 0 unspecified atom stereocenters. The van der Waals surface area contributed by atoms with Gasteiger partial charge in [0.1, 0.15) is 24.7 Å². The maximum atomic E-state index is 13.3. The van der Waals surface area contributed by atoms with E-state index in [1.165, 1.54) is 23.5 Å². The fourth-order valence-corrected chi connectivity index (χ4v) is 8.46. The van der Waals surface area contributed by atoms with Gasteiger partial charge in [-0.25, -0.2) is 0 Å². The van der Waals surface area contributed by atoms with Crippen LogP contribution in [0.5, 0.6) is 11.5 Å². The number of carbonyl (C=O) groups is 2. The average Bonchev–Trinajstić information content (AvgIpc) is 3.78. The Morgan fingerprint density at radius 1 is 0.667 bits per heavy atom. The molecule has 2 fully saturated rings. The molecule has 0 aliphatic carbocycles. The van der Waals surface area contributed by atoms with Crippen molar-refractivity contribution in [2.24, 2.45) is 9.98 Å². The lowest BCUT2D eigenvalue weighted by Gasteiger charge is -2.20. The molecule has 69 heavy (non-hydrogen) atoms. The van der Waals surface area contributed by atoms with Crippen molar-refractivity contribution in [2.45, 2.75) is 123 Å². The minimum atomic E-state index is -1.91. The van der Waals surface area contributed by atoms with Crippen LogP contribution in [-0.2, 0) is 9.59 Å². The normalized spacial score (nSPS) is 15.8. The second-order valence-electron chi connectivity index (χ2n) is 14.8. The van der Waals surface area contributed by atoms with Gasteiger partial charge in [-0.3, -0.25) is 29.4 Å². The van der Waals surface area contributed by atoms with Crippen LogP contribution in [0.3, 0.4) is 0 Å². The lowest BCUT2D eigenvalue weighted by Crippen LogP contribution is -2.34. The van der Waals surface area contributed by atoms with Gasteiger partial charge in [-0.05, 0) is 127 Å². The van der Waals surface area contributed by atoms with Crippen molar-refractivity contribution >= 4 is 92.4 Å². The van der Waals surface area contributed by atoms with Crippen molar-refractivity contribution < 1.29 is 34.4 Å². The summed E-state index contributed by atoms with van der Waals surface area (Å²) < 4.78 is 11.0. The van der Waals surface area contributed by atoms with E-state index in [-0.39, 0.29) is 61.2 Å². The number of halogens is 2. The highest BCUT2D eigenvalue weighted by Gasteiger charge is 2.36. The molecule has 0 radical (unpaired) electrons. The van der Waals surface area contributed by atoms with Crippen LogP contribution in [0, 0.1) is 13.8 Å². The molecule has 11 nitrogen and oxygen atoms in total. The van der Waals surface area contributed by atoms with E-state index in [1.54, 1.807) is 53.1 Å². The molecule has 6 rings (SSSR count). The molecule has 0 spiro atoms. The zero-order chi connectivity index (χ0) is 47.7. The van der Waals surface area contributed by atoms with Gasteiger partial charge in [-0.2, -0.15) is 0 Å². The zero-order valence-corrected chi connectivity index (χ0v) is 41.5. The largest absolute Gasteiger partial charge is 0.489 e. The lowest BCUT2D eigenvalue weighted by molar-refractivity contribution is -0.182. The molecule has 380 valence electrons. The number of carbonyl (C=O) groups excluding carboxylic acids is 2. The van der Waals surface area contributed by atoms with Crippen molar-refractivity contribution in [3.63, 3.8) is 0 Å². The molecular formula is C54H76Cl2N4O7S2. The van der Waals surface area contributed by atoms with Gasteiger partial charge in [0.15, 0.2) is 16.1 Å². The third-order valence-corrected chi connectivity index (χ3v) is 12.3. The molecule has 1 atom stereocenters. The molecule has 2 heterocycles. The number of nitrogens with zero attached hydrogens (tertiary/aromatic N) is 4. The van der Waals surface area contributed by atoms with Crippen LogP contribution in [0.25, 0.3) is 12.2 Å². The third-order valence-electron chi connectivity index (χ3n) is 9.70. The Hall–Kier alpha value is -4.60. The maximum Gasteiger partial charge on any atom is 0.271 e. The molecule has 0 saturated carbocycles. The monoisotopic (exact) mass is 1030 g/mol. The van der Waals surface area contributed by atoms with Gasteiger partial charge in [-0.15, -0.1) is 0 Å². The van der Waals surface area contributed by atoms with Crippen LogP contribution in [0.2, 0.25) is 10.0 Å². The highest BCUT2D eigenvalue weighted by Crippen LogP contribution is 2.40. The predicted octanol–water partition coefficient (Wildman–Crippen LogP) is 14.3. The molecular weight excluding hydrogens is 952 g/mol. The van der Waals surface area contributed by atoms with Crippen molar-refractivity contribution in [3.8, 4) is 11.5 Å². The Labute approximate surface area is 431 Å². The fraction of sp³-hybridized carbons (Fsp3) is 0.407. The Kier molecular flexibility index (Phi) is 29.5. The summed E-state index contributed by atoms with van der Waals surface area (Å²) in [4.78, 5) is 40.3. The van der Waals surface area contributed by atoms with E-state index in [4.69, 9.17) is 32.7 Å². The van der Waals surface area contributed by atoms with E-state index in [2.05, 4.69) is 16.9 Å². The first-order valence-electron chi connectivity index (χ1n) is 21.9. The number of ether oxygens (including phenoxy) is 2. The summed E-state index contributed by atoms with van der Waals surface area (Å²) in [6.45, 7) is 16.8. The molecule has 15 heteroatoms. The first-order chi connectivity index (χ1) is 31.2. The minimum Gasteiger partial charge on any atom is -0.489 e.